The molecule has 0 aliphatic heterocycles. The summed E-state index contributed by atoms with van der Waals surface area (Å²) in [5.41, 5.74) is 3.06. The predicted molar refractivity (Wildman–Crippen MR) is 115 cm³/mol. The van der Waals surface area contributed by atoms with Gasteiger partial charge in [0.15, 0.2) is 0 Å². The summed E-state index contributed by atoms with van der Waals surface area (Å²) in [6.45, 7) is 3.74. The molecule has 3 aromatic rings. The Morgan fingerprint density at radius 3 is 2.57 bits per heavy atom. The average molecular weight is 448 g/mol. The maximum atomic E-state index is 13.7. The molecule has 0 aliphatic rings. The van der Waals surface area contributed by atoms with Crippen molar-refractivity contribution in [2.45, 2.75) is 31.2 Å². The lowest BCUT2D eigenvalue weighted by Crippen LogP contribution is -2.45. The number of thiazole rings is 1. The first-order chi connectivity index (χ1) is 14.3. The molecule has 158 valence electrons. The number of carbonyl (C=O) groups is 1. The van der Waals surface area contributed by atoms with Crippen molar-refractivity contribution < 1.29 is 17.6 Å². The number of halogens is 1. The molecule has 0 fully saturated rings. The van der Waals surface area contributed by atoms with E-state index in [2.05, 4.69) is 15.0 Å². The van der Waals surface area contributed by atoms with E-state index in [4.69, 9.17) is 0 Å². The van der Waals surface area contributed by atoms with Crippen molar-refractivity contribution in [3.63, 3.8) is 0 Å². The van der Waals surface area contributed by atoms with Crippen LogP contribution in [0.15, 0.2) is 58.8 Å². The van der Waals surface area contributed by atoms with Crippen molar-refractivity contribution in [3.05, 3.63) is 71.0 Å². The zero-order valence-corrected chi connectivity index (χ0v) is 18.2. The maximum Gasteiger partial charge on any atom is 0.244 e. The molecule has 1 atom stereocenters. The van der Waals surface area contributed by atoms with Crippen molar-refractivity contribution >= 4 is 27.3 Å². The number of nitrogens with one attached hydrogen (secondary N) is 2. The summed E-state index contributed by atoms with van der Waals surface area (Å²) >= 11 is 1.53. The van der Waals surface area contributed by atoms with Gasteiger partial charge in [0, 0.05) is 23.9 Å². The van der Waals surface area contributed by atoms with Crippen molar-refractivity contribution in [2.75, 3.05) is 6.54 Å². The highest BCUT2D eigenvalue weighted by atomic mass is 32.2. The zero-order valence-electron chi connectivity index (χ0n) is 16.6. The normalized spacial score (nSPS) is 12.5. The number of amides is 1. The molecule has 2 aromatic carbocycles. The Kier molecular flexibility index (Phi) is 6.96. The van der Waals surface area contributed by atoms with Gasteiger partial charge in [-0.1, -0.05) is 42.0 Å². The molecule has 9 heteroatoms. The third-order valence-electron chi connectivity index (χ3n) is 4.38. The van der Waals surface area contributed by atoms with Gasteiger partial charge in [0.1, 0.15) is 15.7 Å². The molecule has 0 saturated heterocycles. The second kappa shape index (κ2) is 9.46. The number of rotatable bonds is 8. The number of hydrogen-bond acceptors (Lipinski definition) is 5. The van der Waals surface area contributed by atoms with Gasteiger partial charge in [-0.05, 0) is 26.0 Å². The van der Waals surface area contributed by atoms with Gasteiger partial charge in [-0.3, -0.25) is 4.79 Å². The highest BCUT2D eigenvalue weighted by Gasteiger charge is 2.24. The van der Waals surface area contributed by atoms with Crippen molar-refractivity contribution in [3.8, 4) is 10.6 Å². The molecule has 2 N–H and O–H groups in total. The molecular weight excluding hydrogens is 425 g/mol. The van der Waals surface area contributed by atoms with E-state index in [1.165, 1.54) is 36.0 Å². The number of hydrogen-bond donors (Lipinski definition) is 2. The van der Waals surface area contributed by atoms with E-state index in [-0.39, 0.29) is 0 Å². The summed E-state index contributed by atoms with van der Waals surface area (Å²) in [6.07, 6.45) is 0.515. The highest BCUT2D eigenvalue weighted by molar-refractivity contribution is 7.89. The fourth-order valence-electron chi connectivity index (χ4n) is 2.73. The quantitative estimate of drug-likeness (QED) is 0.555. The fourth-order valence-corrected chi connectivity index (χ4v) is 4.87. The van der Waals surface area contributed by atoms with Crippen LogP contribution in [0.4, 0.5) is 4.39 Å². The Balaban J connectivity index is 1.52. The molecule has 0 radical (unpaired) electrons. The number of aromatic nitrogens is 1. The highest BCUT2D eigenvalue weighted by Crippen LogP contribution is 2.24. The SMILES string of the molecule is Cc1ccc(-c2nc(CCNC(=O)[C@H](C)NS(=O)(=O)c3ccccc3F)cs2)cc1. The van der Waals surface area contributed by atoms with Gasteiger partial charge in [-0.2, -0.15) is 4.72 Å². The van der Waals surface area contributed by atoms with Gasteiger partial charge >= 0.3 is 0 Å². The minimum atomic E-state index is -4.14. The minimum absolute atomic E-state index is 0.307. The second-order valence-corrected chi connectivity index (χ2v) is 9.36. The Hall–Kier alpha value is -2.62. The van der Waals surface area contributed by atoms with Crippen LogP contribution >= 0.6 is 11.3 Å². The van der Waals surface area contributed by atoms with Gasteiger partial charge in [0.25, 0.3) is 0 Å². The molecule has 1 amide bonds. The monoisotopic (exact) mass is 447 g/mol. The summed E-state index contributed by atoms with van der Waals surface area (Å²) in [6, 6.07) is 12.1. The largest absolute Gasteiger partial charge is 0.354 e. The second-order valence-electron chi connectivity index (χ2n) is 6.82. The average Bonchev–Trinajstić information content (AvgIpc) is 3.17. The van der Waals surface area contributed by atoms with E-state index in [0.29, 0.717) is 13.0 Å². The molecule has 6 nitrogen and oxygen atoms in total. The van der Waals surface area contributed by atoms with Crippen molar-refractivity contribution in [1.29, 1.82) is 0 Å². The van der Waals surface area contributed by atoms with E-state index in [9.17, 15) is 17.6 Å². The summed E-state index contributed by atoms with van der Waals surface area (Å²) in [5, 5.41) is 5.52. The standard InChI is InChI=1S/C21H22FN3O3S2/c1-14-7-9-16(10-8-14)21-24-17(13-29-21)11-12-23-20(26)15(2)25-30(27,28)19-6-4-3-5-18(19)22/h3-10,13,15,25H,11-12H2,1-2H3,(H,23,26)/t15-/m0/s1. The molecule has 0 aliphatic carbocycles. The third kappa shape index (κ3) is 5.50. The Labute approximate surface area is 179 Å². The smallest absolute Gasteiger partial charge is 0.244 e. The molecule has 0 spiro atoms. The molecule has 3 rings (SSSR count). The van der Waals surface area contributed by atoms with E-state index < -0.39 is 32.7 Å². The fraction of sp³-hybridized carbons (Fsp3) is 0.238. The first-order valence-electron chi connectivity index (χ1n) is 9.32. The number of nitrogens with zero attached hydrogens (tertiary/aromatic N) is 1. The van der Waals surface area contributed by atoms with Crippen LogP contribution in [-0.2, 0) is 21.2 Å². The lowest BCUT2D eigenvalue weighted by atomic mass is 10.2. The van der Waals surface area contributed by atoms with Gasteiger partial charge in [-0.15, -0.1) is 11.3 Å². The van der Waals surface area contributed by atoms with E-state index in [0.717, 1.165) is 28.4 Å². The number of aryl methyl sites for hydroxylation is 1. The summed E-state index contributed by atoms with van der Waals surface area (Å²) in [5.74, 6) is -1.37. The Bertz CT molecular complexity index is 1130. The topological polar surface area (TPSA) is 88.2 Å². The van der Waals surface area contributed by atoms with Gasteiger partial charge in [0.05, 0.1) is 11.7 Å². The predicted octanol–water partition coefficient (Wildman–Crippen LogP) is 3.28. The Morgan fingerprint density at radius 1 is 1.17 bits per heavy atom. The molecule has 30 heavy (non-hydrogen) atoms. The van der Waals surface area contributed by atoms with Crippen LogP contribution in [0.25, 0.3) is 10.6 Å². The van der Waals surface area contributed by atoms with Crippen molar-refractivity contribution in [1.82, 2.24) is 15.0 Å². The minimum Gasteiger partial charge on any atom is -0.354 e. The van der Waals surface area contributed by atoms with Crippen LogP contribution in [-0.4, -0.2) is 31.9 Å². The Morgan fingerprint density at radius 2 is 1.87 bits per heavy atom. The van der Waals surface area contributed by atoms with Crippen LogP contribution in [0.3, 0.4) is 0 Å². The zero-order chi connectivity index (χ0) is 21.7. The van der Waals surface area contributed by atoms with Crippen LogP contribution in [0.5, 0.6) is 0 Å². The molecule has 0 bridgehead atoms. The van der Waals surface area contributed by atoms with Gasteiger partial charge in [-0.25, -0.2) is 17.8 Å². The first-order valence-corrected chi connectivity index (χ1v) is 11.7. The van der Waals surface area contributed by atoms with E-state index in [1.54, 1.807) is 0 Å². The van der Waals surface area contributed by atoms with E-state index >= 15 is 0 Å². The molecule has 0 unspecified atom stereocenters. The van der Waals surface area contributed by atoms with Crippen molar-refractivity contribution in [2.24, 2.45) is 0 Å². The third-order valence-corrected chi connectivity index (χ3v) is 6.90. The van der Waals surface area contributed by atoms with Crippen LogP contribution in [0.1, 0.15) is 18.2 Å². The number of benzene rings is 2. The van der Waals surface area contributed by atoms with Crippen LogP contribution < -0.4 is 10.0 Å². The molecule has 1 heterocycles. The molecule has 0 saturated carbocycles. The first kappa shape index (κ1) is 22.1. The van der Waals surface area contributed by atoms with Crippen LogP contribution in [0, 0.1) is 12.7 Å². The van der Waals surface area contributed by atoms with Gasteiger partial charge < -0.3 is 5.32 Å². The summed E-state index contributed by atoms with van der Waals surface area (Å²) < 4.78 is 40.5. The number of sulfonamides is 1. The van der Waals surface area contributed by atoms with Crippen LogP contribution in [0.2, 0.25) is 0 Å². The summed E-state index contributed by atoms with van der Waals surface area (Å²) in [4.78, 5) is 16.3. The van der Waals surface area contributed by atoms with Gasteiger partial charge in [0.2, 0.25) is 15.9 Å². The molecule has 1 aromatic heterocycles. The lowest BCUT2D eigenvalue weighted by molar-refractivity contribution is -0.122. The lowest BCUT2D eigenvalue weighted by Gasteiger charge is -2.14. The molecular formula is C21H22FN3O3S2. The summed E-state index contributed by atoms with van der Waals surface area (Å²) in [7, 11) is -4.14. The maximum absolute atomic E-state index is 13.7. The van der Waals surface area contributed by atoms with E-state index in [1.807, 2.05) is 36.6 Å². The number of carbonyl (C=O) groups excluding carboxylic acids is 1.